The van der Waals surface area contributed by atoms with Gasteiger partial charge in [0.2, 0.25) is 0 Å². The zero-order valence-electron chi connectivity index (χ0n) is 19.1. The lowest BCUT2D eigenvalue weighted by Gasteiger charge is -2.50. The van der Waals surface area contributed by atoms with Gasteiger partial charge in [0.05, 0.1) is 0 Å². The lowest BCUT2D eigenvalue weighted by atomic mass is 9.89. The fraction of sp³-hybridized carbons (Fsp3) is 0.750. The number of alkyl halides is 2. The molecule has 2 aliphatic rings. The maximum atomic E-state index is 11.8. The van der Waals surface area contributed by atoms with Crippen molar-refractivity contribution in [1.82, 2.24) is 0 Å². The van der Waals surface area contributed by atoms with Crippen molar-refractivity contribution in [3.05, 3.63) is 0 Å². The summed E-state index contributed by atoms with van der Waals surface area (Å²) in [7, 11) is 0. The van der Waals surface area contributed by atoms with Gasteiger partial charge in [-0.2, -0.15) is 0 Å². The van der Waals surface area contributed by atoms with Gasteiger partial charge in [0.1, 0.15) is 24.9 Å². The molecule has 1 saturated carbocycles. The van der Waals surface area contributed by atoms with E-state index in [1.165, 1.54) is 6.92 Å². The van der Waals surface area contributed by atoms with Crippen LogP contribution < -0.4 is 0 Å². The minimum Gasteiger partial charge on any atom is -0.463 e. The molecule has 1 heterocycles. The van der Waals surface area contributed by atoms with E-state index in [9.17, 15) is 24.0 Å². The Bertz CT molecular complexity index is 815. The highest BCUT2D eigenvalue weighted by Gasteiger charge is 2.60. The summed E-state index contributed by atoms with van der Waals surface area (Å²) in [6, 6.07) is 0. The van der Waals surface area contributed by atoms with E-state index in [0.717, 1.165) is 27.7 Å². The average molecular weight is 529 g/mol. The summed E-state index contributed by atoms with van der Waals surface area (Å²) in [6.45, 7) is 5.24. The summed E-state index contributed by atoms with van der Waals surface area (Å²) >= 11 is 12.6. The van der Waals surface area contributed by atoms with Crippen molar-refractivity contribution in [2.45, 2.75) is 88.3 Å². The highest BCUT2D eigenvalue weighted by Crippen LogP contribution is 2.48. The van der Waals surface area contributed by atoms with Gasteiger partial charge < -0.3 is 33.2 Å². The van der Waals surface area contributed by atoms with Crippen molar-refractivity contribution < 1.29 is 57.1 Å². The maximum Gasteiger partial charge on any atom is 0.303 e. The monoisotopic (exact) mass is 528 g/mol. The van der Waals surface area contributed by atoms with E-state index in [1.54, 1.807) is 0 Å². The Kier molecular flexibility index (Phi) is 9.52. The Morgan fingerprint density at radius 3 is 1.71 bits per heavy atom. The third kappa shape index (κ3) is 7.17. The molecule has 1 saturated heterocycles. The fourth-order valence-corrected chi connectivity index (χ4v) is 4.04. The van der Waals surface area contributed by atoms with Crippen LogP contribution in [0.4, 0.5) is 0 Å². The van der Waals surface area contributed by atoms with Gasteiger partial charge in [0.25, 0.3) is 0 Å². The smallest absolute Gasteiger partial charge is 0.303 e. The third-order valence-electron chi connectivity index (χ3n) is 4.84. The summed E-state index contributed by atoms with van der Waals surface area (Å²) in [6.07, 6.45) is -8.51. The fourth-order valence-electron chi connectivity index (χ4n) is 3.49. The Morgan fingerprint density at radius 2 is 1.24 bits per heavy atom. The van der Waals surface area contributed by atoms with E-state index in [-0.39, 0.29) is 6.42 Å². The van der Waals surface area contributed by atoms with Crippen LogP contribution in [0.25, 0.3) is 0 Å². The molecule has 0 spiro atoms. The van der Waals surface area contributed by atoms with Crippen LogP contribution in [0.5, 0.6) is 0 Å². The summed E-state index contributed by atoms with van der Waals surface area (Å²) < 4.78 is 35.9. The highest BCUT2D eigenvalue weighted by molar-refractivity contribution is 6.50. The van der Waals surface area contributed by atoms with Crippen LogP contribution in [-0.4, -0.2) is 83.7 Å². The van der Waals surface area contributed by atoms with Gasteiger partial charge in [-0.1, -0.05) is 23.2 Å². The normalized spacial score (nSPS) is 31.9. The van der Waals surface area contributed by atoms with Crippen molar-refractivity contribution >= 4 is 53.0 Å². The number of esters is 5. The molecule has 2 rings (SSSR count). The number of halogens is 2. The lowest BCUT2D eigenvalue weighted by molar-refractivity contribution is -0.326. The molecule has 0 bridgehead atoms. The SMILES string of the molecule is CC(=O)OC[C@H]1O[C@@H](O[C@H]2C[C@@H](OC(C)=O)C2(Cl)Cl)[C@H](OC(C)=O)[C@@H](OC(C)=O)[C@@H]1OC(C)=O. The molecule has 0 aromatic rings. The van der Waals surface area contributed by atoms with E-state index in [2.05, 4.69) is 0 Å². The first kappa shape index (κ1) is 28.1. The van der Waals surface area contributed by atoms with E-state index < -0.39 is 83.7 Å². The molecular weight excluding hydrogens is 503 g/mol. The lowest BCUT2D eigenvalue weighted by Crippen LogP contribution is -2.66. The van der Waals surface area contributed by atoms with E-state index in [1.807, 2.05) is 0 Å². The molecule has 192 valence electrons. The number of hydrogen-bond acceptors (Lipinski definition) is 12. The second kappa shape index (κ2) is 11.5. The summed E-state index contributed by atoms with van der Waals surface area (Å²) in [4.78, 5) is 58.0. The Labute approximate surface area is 205 Å². The molecule has 12 nitrogen and oxygen atoms in total. The number of hydrogen-bond donors (Lipinski definition) is 0. The first-order valence-corrected chi connectivity index (χ1v) is 11.0. The van der Waals surface area contributed by atoms with E-state index in [4.69, 9.17) is 56.4 Å². The number of ether oxygens (including phenoxy) is 7. The van der Waals surface area contributed by atoms with Gasteiger partial charge in [-0.15, -0.1) is 0 Å². The molecule has 0 aromatic carbocycles. The standard InChI is InChI=1S/C20H26Cl2O12/c1-8(23)28-7-13-16(30-10(3)25)17(31-11(4)26)18(32-12(5)27)19(33-13)34-15-6-14(20(15,21)22)29-9(2)24/h13-19H,6-7H2,1-5H3/t13-,14-,15+,16-,17+,18-,19+/m1/s1. The molecule has 34 heavy (non-hydrogen) atoms. The molecule has 14 heteroatoms. The topological polar surface area (TPSA) is 150 Å². The molecule has 0 unspecified atom stereocenters. The van der Waals surface area contributed by atoms with E-state index >= 15 is 0 Å². The molecule has 1 aliphatic carbocycles. The number of carbonyl (C=O) groups excluding carboxylic acids is 5. The van der Waals surface area contributed by atoms with Gasteiger partial charge in [-0.05, 0) is 0 Å². The molecule has 0 aromatic heterocycles. The second-order valence-corrected chi connectivity index (χ2v) is 9.14. The van der Waals surface area contributed by atoms with E-state index in [0.29, 0.717) is 0 Å². The van der Waals surface area contributed by atoms with Crippen LogP contribution in [0.2, 0.25) is 0 Å². The first-order chi connectivity index (χ1) is 15.7. The number of rotatable bonds is 8. The molecule has 2 fully saturated rings. The van der Waals surface area contributed by atoms with Crippen molar-refractivity contribution in [3.8, 4) is 0 Å². The Hall–Kier alpha value is -2.15. The van der Waals surface area contributed by atoms with Crippen LogP contribution >= 0.6 is 23.2 Å². The summed E-state index contributed by atoms with van der Waals surface area (Å²) in [5, 5.41) is 0. The minimum absolute atomic E-state index is 0.0828. The third-order valence-corrected chi connectivity index (χ3v) is 5.82. The van der Waals surface area contributed by atoms with Gasteiger partial charge in [-0.25, -0.2) is 0 Å². The van der Waals surface area contributed by atoms with Crippen LogP contribution in [0, 0.1) is 0 Å². The summed E-state index contributed by atoms with van der Waals surface area (Å²) in [5.74, 6) is -3.58. The minimum atomic E-state index is -1.66. The maximum absolute atomic E-state index is 11.8. The zero-order chi connectivity index (χ0) is 25.8. The Morgan fingerprint density at radius 1 is 0.735 bits per heavy atom. The van der Waals surface area contributed by atoms with Crippen LogP contribution in [0.3, 0.4) is 0 Å². The Balaban J connectivity index is 2.36. The number of carbonyl (C=O) groups is 5. The van der Waals surface area contributed by atoms with Crippen LogP contribution in [-0.2, 0) is 57.1 Å². The van der Waals surface area contributed by atoms with Gasteiger partial charge >= 0.3 is 29.8 Å². The molecule has 1 aliphatic heterocycles. The largest absolute Gasteiger partial charge is 0.463 e. The van der Waals surface area contributed by atoms with Gasteiger partial charge in [-0.3, -0.25) is 24.0 Å². The predicted octanol–water partition coefficient (Wildman–Crippen LogP) is 0.964. The van der Waals surface area contributed by atoms with Crippen molar-refractivity contribution in [1.29, 1.82) is 0 Å². The quantitative estimate of drug-likeness (QED) is 0.250. The van der Waals surface area contributed by atoms with Gasteiger partial charge in [0.15, 0.2) is 28.9 Å². The molecule has 0 amide bonds. The summed E-state index contributed by atoms with van der Waals surface area (Å²) in [5.41, 5.74) is 0. The zero-order valence-corrected chi connectivity index (χ0v) is 20.6. The predicted molar refractivity (Wildman–Crippen MR) is 111 cm³/mol. The first-order valence-electron chi connectivity index (χ1n) is 10.2. The molecule has 7 atom stereocenters. The molecule has 0 N–H and O–H groups in total. The molecular formula is C20H26Cl2O12. The van der Waals surface area contributed by atoms with Gasteiger partial charge in [0, 0.05) is 41.0 Å². The average Bonchev–Trinajstić information content (AvgIpc) is 2.68. The second-order valence-electron chi connectivity index (χ2n) is 7.70. The van der Waals surface area contributed by atoms with Crippen LogP contribution in [0.15, 0.2) is 0 Å². The highest BCUT2D eigenvalue weighted by atomic mass is 35.5. The van der Waals surface area contributed by atoms with Crippen molar-refractivity contribution in [2.75, 3.05) is 6.61 Å². The van der Waals surface area contributed by atoms with Crippen molar-refractivity contribution in [2.24, 2.45) is 0 Å². The van der Waals surface area contributed by atoms with Crippen molar-refractivity contribution in [3.63, 3.8) is 0 Å². The molecule has 0 radical (unpaired) electrons. The van der Waals surface area contributed by atoms with Crippen LogP contribution in [0.1, 0.15) is 41.0 Å².